The minimum atomic E-state index is -3.48. The predicted molar refractivity (Wildman–Crippen MR) is 106 cm³/mol. The molecule has 0 aliphatic rings. The van der Waals surface area contributed by atoms with E-state index in [1.54, 1.807) is 26.2 Å². The fourth-order valence-electron chi connectivity index (χ4n) is 2.60. The van der Waals surface area contributed by atoms with Crippen LogP contribution in [0.15, 0.2) is 63.8 Å². The summed E-state index contributed by atoms with van der Waals surface area (Å²) in [4.78, 5) is 5.81. The largest absolute Gasteiger partial charge is 0.320 e. The summed E-state index contributed by atoms with van der Waals surface area (Å²) < 4.78 is 28.2. The summed E-state index contributed by atoms with van der Waals surface area (Å²) in [6, 6.07) is 15.2. The lowest BCUT2D eigenvalue weighted by molar-refractivity contribution is 0.520. The van der Waals surface area contributed by atoms with Crippen LogP contribution in [-0.2, 0) is 17.1 Å². The summed E-state index contributed by atoms with van der Waals surface area (Å²) >= 11 is 1.53. The van der Waals surface area contributed by atoms with Gasteiger partial charge in [-0.05, 0) is 42.8 Å². The second kappa shape index (κ2) is 7.19. The molecule has 0 unspecified atom stereocenters. The molecule has 136 valence electrons. The minimum absolute atomic E-state index is 0.297. The molecular weight excluding hydrogens is 366 g/mol. The van der Waals surface area contributed by atoms with Gasteiger partial charge in [-0.25, -0.2) is 17.7 Å². The molecule has 0 saturated carbocycles. The number of benzene rings is 2. The van der Waals surface area contributed by atoms with Gasteiger partial charge in [0.1, 0.15) is 0 Å². The highest BCUT2D eigenvalue weighted by Gasteiger charge is 2.19. The van der Waals surface area contributed by atoms with Crippen molar-refractivity contribution in [3.8, 4) is 11.3 Å². The van der Waals surface area contributed by atoms with E-state index in [1.807, 2.05) is 60.3 Å². The quantitative estimate of drug-likeness (QED) is 0.687. The minimum Gasteiger partial charge on any atom is -0.320 e. The van der Waals surface area contributed by atoms with Crippen LogP contribution < -0.4 is 4.80 Å². The highest BCUT2D eigenvalue weighted by atomic mass is 32.2. The lowest BCUT2D eigenvalue weighted by atomic mass is 10.1. The van der Waals surface area contributed by atoms with E-state index >= 15 is 0 Å². The van der Waals surface area contributed by atoms with Gasteiger partial charge in [0.2, 0.25) is 10.0 Å². The summed E-state index contributed by atoms with van der Waals surface area (Å²) in [5, 5.41) is 2.00. The molecule has 5 nitrogen and oxygen atoms in total. The Balaban J connectivity index is 2.12. The first-order valence-electron chi connectivity index (χ1n) is 8.08. The van der Waals surface area contributed by atoms with Crippen molar-refractivity contribution in [2.45, 2.75) is 11.8 Å². The Bertz CT molecular complexity index is 1100. The predicted octanol–water partition coefficient (Wildman–Crippen LogP) is 3.54. The first-order chi connectivity index (χ1) is 12.3. The molecule has 3 aromatic rings. The number of aryl methyl sites for hydroxylation is 1. The van der Waals surface area contributed by atoms with Crippen LogP contribution in [0, 0.1) is 6.92 Å². The third-order valence-corrected chi connectivity index (χ3v) is 6.74. The van der Waals surface area contributed by atoms with Crippen LogP contribution >= 0.6 is 11.3 Å². The number of para-hydroxylation sites is 1. The monoisotopic (exact) mass is 387 g/mol. The number of hydrogen-bond acceptors (Lipinski definition) is 4. The molecule has 0 aliphatic heterocycles. The number of rotatable bonds is 4. The summed E-state index contributed by atoms with van der Waals surface area (Å²) in [5.74, 6) is 0. The molecular formula is C19H21N3O2S2. The second-order valence-corrected chi connectivity index (χ2v) is 9.22. The van der Waals surface area contributed by atoms with Gasteiger partial charge in [-0.2, -0.15) is 0 Å². The molecule has 1 heterocycles. The molecule has 0 radical (unpaired) electrons. The second-order valence-electron chi connectivity index (χ2n) is 6.23. The van der Waals surface area contributed by atoms with Crippen molar-refractivity contribution in [2.75, 3.05) is 14.1 Å². The first kappa shape index (κ1) is 18.6. The van der Waals surface area contributed by atoms with Crippen LogP contribution in [0.3, 0.4) is 0 Å². The number of hydrogen-bond donors (Lipinski definition) is 0. The number of aromatic nitrogens is 1. The maximum absolute atomic E-state index is 12.5. The number of sulfonamides is 1. The fraction of sp³-hybridized carbons (Fsp3) is 0.211. The van der Waals surface area contributed by atoms with E-state index in [0.29, 0.717) is 4.90 Å². The highest BCUT2D eigenvalue weighted by molar-refractivity contribution is 7.89. The molecule has 0 aliphatic carbocycles. The van der Waals surface area contributed by atoms with Crippen LogP contribution in [0.4, 0.5) is 5.69 Å². The third-order valence-electron chi connectivity index (χ3n) is 4.03. The zero-order chi connectivity index (χ0) is 18.9. The topological polar surface area (TPSA) is 54.7 Å². The van der Waals surface area contributed by atoms with Crippen molar-refractivity contribution in [3.63, 3.8) is 0 Å². The van der Waals surface area contributed by atoms with Crippen molar-refractivity contribution in [2.24, 2.45) is 12.0 Å². The van der Waals surface area contributed by atoms with Gasteiger partial charge in [-0.3, -0.25) is 0 Å². The van der Waals surface area contributed by atoms with Gasteiger partial charge < -0.3 is 4.57 Å². The number of nitrogens with zero attached hydrogens (tertiary/aromatic N) is 3. The van der Waals surface area contributed by atoms with Crippen LogP contribution in [0.25, 0.3) is 11.3 Å². The Hall–Kier alpha value is -2.22. The molecule has 3 rings (SSSR count). The van der Waals surface area contributed by atoms with Crippen LogP contribution in [-0.4, -0.2) is 31.4 Å². The lowest BCUT2D eigenvalue weighted by Crippen LogP contribution is -2.22. The summed E-state index contributed by atoms with van der Waals surface area (Å²) in [7, 11) is 1.54. The van der Waals surface area contributed by atoms with Gasteiger partial charge >= 0.3 is 0 Å². The Morgan fingerprint density at radius 1 is 1.08 bits per heavy atom. The molecule has 0 N–H and O–H groups in total. The van der Waals surface area contributed by atoms with Gasteiger partial charge in [0.15, 0.2) is 4.80 Å². The average Bonchev–Trinajstić information content (AvgIpc) is 2.96. The maximum Gasteiger partial charge on any atom is 0.242 e. The van der Waals surface area contributed by atoms with Gasteiger partial charge in [-0.15, -0.1) is 11.3 Å². The van der Waals surface area contributed by atoms with Crippen LogP contribution in [0.5, 0.6) is 0 Å². The van der Waals surface area contributed by atoms with E-state index in [4.69, 9.17) is 0 Å². The Morgan fingerprint density at radius 3 is 2.42 bits per heavy atom. The van der Waals surface area contributed by atoms with Gasteiger partial charge in [0, 0.05) is 32.1 Å². The Labute approximate surface area is 157 Å². The van der Waals surface area contributed by atoms with Crippen molar-refractivity contribution in [3.05, 3.63) is 64.3 Å². The van der Waals surface area contributed by atoms with Crippen molar-refractivity contribution < 1.29 is 8.42 Å². The van der Waals surface area contributed by atoms with E-state index in [0.717, 1.165) is 27.3 Å². The molecule has 2 aromatic carbocycles. The molecule has 0 atom stereocenters. The SMILES string of the molecule is Cc1cc(-c2csc(=Nc3ccccc3)n2C)cc(S(=O)(=O)N(C)C)c1. The van der Waals surface area contributed by atoms with E-state index in [-0.39, 0.29) is 0 Å². The normalized spacial score (nSPS) is 12.7. The van der Waals surface area contributed by atoms with E-state index < -0.39 is 10.0 Å². The Morgan fingerprint density at radius 2 is 1.77 bits per heavy atom. The van der Waals surface area contributed by atoms with Crippen molar-refractivity contribution in [1.82, 2.24) is 8.87 Å². The van der Waals surface area contributed by atoms with Crippen LogP contribution in [0.2, 0.25) is 0 Å². The standard InChI is InChI=1S/C19H21N3O2S2/c1-14-10-15(12-17(11-14)26(23,24)21(2)3)18-13-25-19(22(18)4)20-16-8-6-5-7-9-16/h5-13H,1-4H3. The zero-order valence-corrected chi connectivity index (χ0v) is 16.8. The Kier molecular flexibility index (Phi) is 5.13. The molecule has 7 heteroatoms. The lowest BCUT2D eigenvalue weighted by Gasteiger charge is -2.13. The zero-order valence-electron chi connectivity index (χ0n) is 15.2. The molecule has 0 bridgehead atoms. The van der Waals surface area contributed by atoms with Gasteiger partial charge in [-0.1, -0.05) is 18.2 Å². The van der Waals surface area contributed by atoms with E-state index in [9.17, 15) is 8.42 Å². The molecule has 0 saturated heterocycles. The maximum atomic E-state index is 12.5. The van der Waals surface area contributed by atoms with E-state index in [2.05, 4.69) is 4.99 Å². The average molecular weight is 388 g/mol. The molecule has 1 aromatic heterocycles. The van der Waals surface area contributed by atoms with E-state index in [1.165, 1.54) is 15.6 Å². The van der Waals surface area contributed by atoms with Gasteiger partial charge in [0.25, 0.3) is 0 Å². The summed E-state index contributed by atoms with van der Waals surface area (Å²) in [6.07, 6.45) is 0. The van der Waals surface area contributed by atoms with Crippen LogP contribution in [0.1, 0.15) is 5.56 Å². The molecule has 26 heavy (non-hydrogen) atoms. The smallest absolute Gasteiger partial charge is 0.242 e. The molecule has 0 amide bonds. The first-order valence-corrected chi connectivity index (χ1v) is 10.4. The fourth-order valence-corrected chi connectivity index (χ4v) is 4.56. The van der Waals surface area contributed by atoms with Crippen molar-refractivity contribution in [1.29, 1.82) is 0 Å². The highest BCUT2D eigenvalue weighted by Crippen LogP contribution is 2.26. The third kappa shape index (κ3) is 3.65. The molecule has 0 spiro atoms. The summed E-state index contributed by atoms with van der Waals surface area (Å²) in [6.45, 7) is 1.90. The van der Waals surface area contributed by atoms with Gasteiger partial charge in [0.05, 0.1) is 16.3 Å². The molecule has 0 fully saturated rings. The van der Waals surface area contributed by atoms with Crippen molar-refractivity contribution >= 4 is 27.0 Å². The summed E-state index contributed by atoms with van der Waals surface area (Å²) in [5.41, 5.74) is 3.58. The number of thiazole rings is 1.